The van der Waals surface area contributed by atoms with E-state index < -0.39 is 6.10 Å². The van der Waals surface area contributed by atoms with Gasteiger partial charge in [-0.05, 0) is 37.0 Å². The maximum Gasteiger partial charge on any atom is 0.306 e. The number of carbonyl (C=O) groups excluding carboxylic acids is 3. The van der Waals surface area contributed by atoms with Crippen LogP contribution in [-0.2, 0) is 28.6 Å². The molecule has 1 unspecified atom stereocenters. The largest absolute Gasteiger partial charge is 0.462 e. The van der Waals surface area contributed by atoms with E-state index in [0.29, 0.717) is 19.3 Å². The highest BCUT2D eigenvalue weighted by atomic mass is 16.6. The first-order valence-electron chi connectivity index (χ1n) is 23.6. The number of rotatable bonds is 41. The number of esters is 3. The fraction of sp³-hybridized carbons (Fsp3) is 0.938. The third-order valence-corrected chi connectivity index (χ3v) is 11.0. The van der Waals surface area contributed by atoms with Gasteiger partial charge in [0.05, 0.1) is 0 Å². The molecule has 0 spiro atoms. The van der Waals surface area contributed by atoms with Crippen LogP contribution >= 0.6 is 0 Å². The van der Waals surface area contributed by atoms with Gasteiger partial charge in [0.2, 0.25) is 0 Å². The average molecular weight is 765 g/mol. The Kier molecular flexibility index (Phi) is 38.5. The molecule has 0 saturated heterocycles. The summed E-state index contributed by atoms with van der Waals surface area (Å²) < 4.78 is 16.7. The molecule has 2 atom stereocenters. The molecular weight excluding hydrogens is 673 g/mol. The van der Waals surface area contributed by atoms with E-state index in [4.69, 9.17) is 14.2 Å². The number of carbonyl (C=O) groups is 3. The first-order valence-corrected chi connectivity index (χ1v) is 23.6. The molecule has 6 nitrogen and oxygen atoms in total. The summed E-state index contributed by atoms with van der Waals surface area (Å²) in [7, 11) is 0. The molecule has 0 rings (SSSR count). The summed E-state index contributed by atoms with van der Waals surface area (Å²) >= 11 is 0. The summed E-state index contributed by atoms with van der Waals surface area (Å²) in [5.74, 6) is 1.59. The lowest BCUT2D eigenvalue weighted by molar-refractivity contribution is -0.167. The zero-order valence-corrected chi connectivity index (χ0v) is 37.0. The third kappa shape index (κ3) is 40.1. The molecule has 320 valence electrons. The quantitative estimate of drug-likeness (QED) is 0.0350. The van der Waals surface area contributed by atoms with Gasteiger partial charge in [-0.2, -0.15) is 0 Å². The Labute approximate surface area is 336 Å². The minimum absolute atomic E-state index is 0.0663. The van der Waals surface area contributed by atoms with Crippen LogP contribution in [0.4, 0.5) is 0 Å². The lowest BCUT2D eigenvalue weighted by Crippen LogP contribution is -2.30. The van der Waals surface area contributed by atoms with Gasteiger partial charge in [-0.1, -0.05) is 215 Å². The summed E-state index contributed by atoms with van der Waals surface area (Å²) in [6.07, 6.45) is 36.6. The van der Waals surface area contributed by atoms with Crippen molar-refractivity contribution in [1.29, 1.82) is 0 Å². The van der Waals surface area contributed by atoms with Crippen LogP contribution in [0.1, 0.15) is 253 Å². The van der Waals surface area contributed by atoms with Gasteiger partial charge in [-0.3, -0.25) is 14.4 Å². The van der Waals surface area contributed by atoms with Gasteiger partial charge >= 0.3 is 17.9 Å². The summed E-state index contributed by atoms with van der Waals surface area (Å²) in [6.45, 7) is 13.6. The lowest BCUT2D eigenvalue weighted by atomic mass is 10.00. The monoisotopic (exact) mass is 765 g/mol. The number of unbranched alkanes of at least 4 members (excludes halogenated alkanes) is 23. The normalized spacial score (nSPS) is 12.7. The number of hydrogen-bond acceptors (Lipinski definition) is 6. The minimum atomic E-state index is -0.762. The predicted molar refractivity (Wildman–Crippen MR) is 229 cm³/mol. The van der Waals surface area contributed by atoms with Crippen molar-refractivity contribution in [2.45, 2.75) is 260 Å². The van der Waals surface area contributed by atoms with Crippen molar-refractivity contribution in [1.82, 2.24) is 0 Å². The van der Waals surface area contributed by atoms with Crippen molar-refractivity contribution in [2.75, 3.05) is 13.2 Å². The highest BCUT2D eigenvalue weighted by Gasteiger charge is 2.19. The first-order chi connectivity index (χ1) is 26.1. The fourth-order valence-corrected chi connectivity index (χ4v) is 7.02. The number of hydrogen-bond donors (Lipinski definition) is 0. The van der Waals surface area contributed by atoms with Gasteiger partial charge < -0.3 is 14.2 Å². The Morgan fingerprint density at radius 3 is 0.963 bits per heavy atom. The second-order valence-electron chi connectivity index (χ2n) is 17.6. The summed E-state index contributed by atoms with van der Waals surface area (Å²) in [4.78, 5) is 37.8. The van der Waals surface area contributed by atoms with E-state index in [1.165, 1.54) is 135 Å². The Bertz CT molecular complexity index is 839. The van der Waals surface area contributed by atoms with Gasteiger partial charge in [0, 0.05) is 19.3 Å². The highest BCUT2D eigenvalue weighted by Crippen LogP contribution is 2.17. The van der Waals surface area contributed by atoms with Crippen molar-refractivity contribution < 1.29 is 28.6 Å². The fourth-order valence-electron chi connectivity index (χ4n) is 7.02. The molecular formula is C48H92O6. The van der Waals surface area contributed by atoms with Gasteiger partial charge in [-0.15, -0.1) is 0 Å². The van der Waals surface area contributed by atoms with Crippen LogP contribution in [0.15, 0.2) is 0 Å². The Hall–Kier alpha value is -1.59. The molecule has 0 radical (unpaired) electrons. The van der Waals surface area contributed by atoms with E-state index >= 15 is 0 Å². The van der Waals surface area contributed by atoms with E-state index in [-0.39, 0.29) is 31.1 Å². The summed E-state index contributed by atoms with van der Waals surface area (Å²) in [5, 5.41) is 0. The van der Waals surface area contributed by atoms with Crippen molar-refractivity contribution in [3.8, 4) is 0 Å². The topological polar surface area (TPSA) is 78.9 Å². The van der Waals surface area contributed by atoms with Gasteiger partial charge in [0.25, 0.3) is 0 Å². The molecule has 0 heterocycles. The van der Waals surface area contributed by atoms with Crippen LogP contribution in [0.25, 0.3) is 0 Å². The standard InChI is InChI=1S/C48H92O6/c1-7-44(6)36-30-24-20-21-26-32-38-47(50)53-41-45(54-48(51)39-33-27-19-15-11-9-13-17-23-29-35-43(4)5)40-52-46(49)37-31-25-18-14-10-8-12-16-22-28-34-42(2)3/h42-45H,7-41H2,1-6H3/t44?,45-/m1/s1. The van der Waals surface area contributed by atoms with Crippen LogP contribution in [0.3, 0.4) is 0 Å². The van der Waals surface area contributed by atoms with Crippen LogP contribution in [0.2, 0.25) is 0 Å². The zero-order chi connectivity index (χ0) is 39.9. The van der Waals surface area contributed by atoms with Gasteiger partial charge in [-0.25, -0.2) is 0 Å². The van der Waals surface area contributed by atoms with Crippen molar-refractivity contribution in [3.05, 3.63) is 0 Å². The van der Waals surface area contributed by atoms with Crippen molar-refractivity contribution >= 4 is 17.9 Å². The molecule has 0 fully saturated rings. The first kappa shape index (κ1) is 52.4. The molecule has 0 N–H and O–H groups in total. The summed E-state index contributed by atoms with van der Waals surface area (Å²) in [5.41, 5.74) is 0. The second kappa shape index (κ2) is 39.6. The second-order valence-corrected chi connectivity index (χ2v) is 17.6. The van der Waals surface area contributed by atoms with E-state index in [0.717, 1.165) is 75.5 Å². The van der Waals surface area contributed by atoms with E-state index in [1.54, 1.807) is 0 Å². The molecule has 0 aliphatic rings. The zero-order valence-electron chi connectivity index (χ0n) is 37.0. The van der Waals surface area contributed by atoms with Gasteiger partial charge in [0.1, 0.15) is 13.2 Å². The van der Waals surface area contributed by atoms with Crippen LogP contribution < -0.4 is 0 Å². The molecule has 0 amide bonds. The maximum absolute atomic E-state index is 12.7. The van der Waals surface area contributed by atoms with Crippen LogP contribution in [-0.4, -0.2) is 37.2 Å². The van der Waals surface area contributed by atoms with E-state index in [1.807, 2.05) is 0 Å². The molecule has 0 aromatic carbocycles. The predicted octanol–water partition coefficient (Wildman–Crippen LogP) is 14.8. The third-order valence-electron chi connectivity index (χ3n) is 11.0. The molecule has 0 aromatic heterocycles. The van der Waals surface area contributed by atoms with Gasteiger partial charge in [0.15, 0.2) is 6.10 Å². The molecule has 0 saturated carbocycles. The summed E-state index contributed by atoms with van der Waals surface area (Å²) in [6, 6.07) is 0. The Balaban J connectivity index is 4.35. The van der Waals surface area contributed by atoms with Crippen LogP contribution in [0.5, 0.6) is 0 Å². The lowest BCUT2D eigenvalue weighted by Gasteiger charge is -2.18. The minimum Gasteiger partial charge on any atom is -0.462 e. The molecule has 0 aliphatic heterocycles. The van der Waals surface area contributed by atoms with Crippen molar-refractivity contribution in [3.63, 3.8) is 0 Å². The van der Waals surface area contributed by atoms with E-state index in [2.05, 4.69) is 41.5 Å². The molecule has 54 heavy (non-hydrogen) atoms. The Morgan fingerprint density at radius 1 is 0.370 bits per heavy atom. The average Bonchev–Trinajstić information content (AvgIpc) is 3.14. The number of ether oxygens (including phenoxy) is 3. The SMILES string of the molecule is CCC(C)CCCCCCCCC(=O)OC[C@@H](COC(=O)CCCCCCCCCCCCC(C)C)OC(=O)CCCCCCCCCCCCC(C)C. The van der Waals surface area contributed by atoms with Crippen molar-refractivity contribution in [2.24, 2.45) is 17.8 Å². The van der Waals surface area contributed by atoms with Crippen LogP contribution in [0, 0.1) is 17.8 Å². The maximum atomic E-state index is 12.7. The van der Waals surface area contributed by atoms with E-state index in [9.17, 15) is 14.4 Å². The molecule has 0 bridgehead atoms. The Morgan fingerprint density at radius 2 is 0.648 bits per heavy atom. The molecule has 6 heteroatoms. The highest BCUT2D eigenvalue weighted by molar-refractivity contribution is 5.71. The molecule has 0 aromatic rings. The molecule has 0 aliphatic carbocycles. The smallest absolute Gasteiger partial charge is 0.306 e.